The molecule has 0 aliphatic heterocycles. The van der Waals surface area contributed by atoms with Crippen LogP contribution in [0.1, 0.15) is 58.8 Å². The number of halogens is 10. The first-order valence-electron chi connectivity index (χ1n) is 7.91. The summed E-state index contributed by atoms with van der Waals surface area (Å²) >= 11 is 1.40. The van der Waals surface area contributed by atoms with Gasteiger partial charge >= 0.3 is 23.7 Å². The third kappa shape index (κ3) is 3.37. The normalized spacial score (nSPS) is 27.8. The molecule has 0 heterocycles. The van der Waals surface area contributed by atoms with E-state index < -0.39 is 39.2 Å². The van der Waals surface area contributed by atoms with Gasteiger partial charge < -0.3 is 0 Å². The fraction of sp³-hybridized carbons (Fsp3) is 1.00. The molecule has 1 saturated carbocycles. The smallest absolute Gasteiger partial charge is 0.230 e. The molecule has 1 fully saturated rings. The van der Waals surface area contributed by atoms with Crippen molar-refractivity contribution in [1.82, 2.24) is 0 Å². The quantitative estimate of drug-likeness (QED) is 0.144. The summed E-state index contributed by atoms with van der Waals surface area (Å²) in [5, 5.41) is 0. The predicted octanol–water partition coefficient (Wildman–Crippen LogP) is 7.19. The summed E-state index contributed by atoms with van der Waals surface area (Å²) in [7, 11) is 0. The molecule has 1 unspecified atom stereocenters. The van der Waals surface area contributed by atoms with Crippen LogP contribution in [0.2, 0.25) is 0 Å². The number of hydrogen-bond acceptors (Lipinski definition) is 0. The molecule has 0 radical (unpaired) electrons. The zero-order valence-electron chi connectivity index (χ0n) is 13.7. The van der Waals surface area contributed by atoms with Crippen LogP contribution in [-0.4, -0.2) is 32.8 Å². The van der Waals surface area contributed by atoms with Crippen LogP contribution in [0.15, 0.2) is 0 Å². The van der Waals surface area contributed by atoms with Crippen molar-refractivity contribution in [1.29, 1.82) is 0 Å². The van der Waals surface area contributed by atoms with E-state index in [0.29, 0.717) is 12.8 Å². The van der Waals surface area contributed by atoms with Gasteiger partial charge in [0.15, 0.2) is 0 Å². The maximum absolute atomic E-state index is 14.5. The standard InChI is InChI=1S/C15H20F9I/c1-3-4-5-6-7-8-10(2,25)9-11(16)12(17,18)14(21,22)15(23,24)13(11,19)20/h3-9H2,1-2H3. The van der Waals surface area contributed by atoms with E-state index in [1.807, 2.05) is 6.92 Å². The highest BCUT2D eigenvalue weighted by Crippen LogP contribution is 2.71. The highest BCUT2D eigenvalue weighted by Gasteiger charge is 3.00. The molecule has 1 aliphatic carbocycles. The number of alkyl halides is 10. The Balaban J connectivity index is 3.05. The molecule has 0 aromatic carbocycles. The minimum absolute atomic E-state index is 0.0355. The lowest BCUT2D eigenvalue weighted by Gasteiger charge is -2.36. The largest absolute Gasteiger partial charge is 0.381 e. The lowest BCUT2D eigenvalue weighted by atomic mass is 9.84. The molecular weight excluding hydrogens is 478 g/mol. The van der Waals surface area contributed by atoms with Gasteiger partial charge in [-0.05, 0) is 6.42 Å². The number of hydrogen-bond donors (Lipinski definition) is 0. The Morgan fingerprint density at radius 1 is 0.680 bits per heavy atom. The second kappa shape index (κ2) is 6.92. The molecule has 0 saturated heterocycles. The van der Waals surface area contributed by atoms with E-state index in [9.17, 15) is 39.5 Å². The Bertz CT molecular complexity index is 448. The van der Waals surface area contributed by atoms with Crippen LogP contribution in [-0.2, 0) is 0 Å². The number of rotatable bonds is 8. The molecule has 1 atom stereocenters. The summed E-state index contributed by atoms with van der Waals surface area (Å²) in [6, 6.07) is 0. The molecule has 0 amide bonds. The van der Waals surface area contributed by atoms with E-state index in [2.05, 4.69) is 0 Å². The van der Waals surface area contributed by atoms with Crippen LogP contribution in [0, 0.1) is 0 Å². The zero-order valence-corrected chi connectivity index (χ0v) is 15.9. The van der Waals surface area contributed by atoms with Crippen LogP contribution < -0.4 is 0 Å². The second-order valence-corrected chi connectivity index (χ2v) is 9.46. The van der Waals surface area contributed by atoms with Crippen molar-refractivity contribution in [2.45, 2.75) is 91.6 Å². The van der Waals surface area contributed by atoms with Gasteiger partial charge in [0.25, 0.3) is 5.67 Å². The first-order chi connectivity index (χ1) is 11.0. The molecular formula is C15H20F9I. The maximum Gasteiger partial charge on any atom is 0.381 e. The summed E-state index contributed by atoms with van der Waals surface area (Å²) in [6.45, 7) is 3.06. The lowest BCUT2D eigenvalue weighted by molar-refractivity contribution is -0.303. The average Bonchev–Trinajstić information content (AvgIpc) is 2.49. The summed E-state index contributed by atoms with van der Waals surface area (Å²) in [5.41, 5.74) is -5.34. The lowest BCUT2D eigenvalue weighted by Crippen LogP contribution is -2.57. The van der Waals surface area contributed by atoms with Crippen LogP contribution >= 0.6 is 22.6 Å². The minimum atomic E-state index is -6.48. The molecule has 10 heteroatoms. The van der Waals surface area contributed by atoms with E-state index in [1.54, 1.807) is 0 Å². The summed E-state index contributed by atoms with van der Waals surface area (Å²) in [6.07, 6.45) is 1.72. The van der Waals surface area contributed by atoms with Gasteiger partial charge in [-0.3, -0.25) is 0 Å². The van der Waals surface area contributed by atoms with Gasteiger partial charge in [-0.15, -0.1) is 0 Å². The molecule has 0 aromatic heterocycles. The number of unbranched alkanes of at least 4 members (excludes halogenated alkanes) is 4. The molecule has 150 valence electrons. The van der Waals surface area contributed by atoms with Crippen LogP contribution in [0.4, 0.5) is 39.5 Å². The monoisotopic (exact) mass is 498 g/mol. The van der Waals surface area contributed by atoms with Crippen molar-refractivity contribution >= 4 is 22.6 Å². The summed E-state index contributed by atoms with van der Waals surface area (Å²) in [4.78, 5) is 0. The zero-order chi connectivity index (χ0) is 19.9. The molecule has 0 spiro atoms. The van der Waals surface area contributed by atoms with Crippen molar-refractivity contribution in [3.05, 3.63) is 0 Å². The minimum Gasteiger partial charge on any atom is -0.230 e. The third-order valence-electron chi connectivity index (χ3n) is 4.59. The van der Waals surface area contributed by atoms with Gasteiger partial charge in [0.1, 0.15) is 0 Å². The fourth-order valence-electron chi connectivity index (χ4n) is 3.00. The molecule has 25 heavy (non-hydrogen) atoms. The van der Waals surface area contributed by atoms with Gasteiger partial charge in [-0.25, -0.2) is 4.39 Å². The maximum atomic E-state index is 14.5. The summed E-state index contributed by atoms with van der Waals surface area (Å²) in [5.74, 6) is -25.3. The topological polar surface area (TPSA) is 0 Å². The van der Waals surface area contributed by atoms with E-state index >= 15 is 0 Å². The SMILES string of the molecule is CCCCCCCC(C)(I)CC1(F)C(F)(F)C(F)(F)C(F)(F)C1(F)F. The first-order valence-corrected chi connectivity index (χ1v) is 8.99. The molecule has 1 rings (SSSR count). The Morgan fingerprint density at radius 2 is 1.08 bits per heavy atom. The van der Waals surface area contributed by atoms with Crippen molar-refractivity contribution in [3.8, 4) is 0 Å². The van der Waals surface area contributed by atoms with Crippen LogP contribution in [0.25, 0.3) is 0 Å². The highest BCUT2D eigenvalue weighted by atomic mass is 127. The average molecular weight is 498 g/mol. The van der Waals surface area contributed by atoms with Gasteiger partial charge in [0.05, 0.1) is 0 Å². The Hall–Kier alpha value is 0.1000. The Morgan fingerprint density at radius 3 is 1.48 bits per heavy atom. The van der Waals surface area contributed by atoms with Gasteiger partial charge in [0.2, 0.25) is 0 Å². The van der Waals surface area contributed by atoms with Crippen molar-refractivity contribution in [2.24, 2.45) is 0 Å². The highest BCUT2D eigenvalue weighted by molar-refractivity contribution is 14.1. The van der Waals surface area contributed by atoms with E-state index in [4.69, 9.17) is 0 Å². The molecule has 0 bridgehead atoms. The molecule has 0 aromatic rings. The fourth-order valence-corrected chi connectivity index (χ4v) is 3.91. The Kier molecular flexibility index (Phi) is 6.41. The van der Waals surface area contributed by atoms with E-state index in [-0.39, 0.29) is 6.42 Å². The third-order valence-corrected chi connectivity index (χ3v) is 5.51. The van der Waals surface area contributed by atoms with Crippen LogP contribution in [0.3, 0.4) is 0 Å². The van der Waals surface area contributed by atoms with E-state index in [0.717, 1.165) is 26.2 Å². The van der Waals surface area contributed by atoms with Crippen LogP contribution in [0.5, 0.6) is 0 Å². The van der Waals surface area contributed by atoms with Gasteiger partial charge in [0, 0.05) is 9.84 Å². The summed E-state index contributed by atoms with van der Waals surface area (Å²) < 4.78 is 121. The molecule has 1 aliphatic rings. The Labute approximate surface area is 154 Å². The molecule has 0 N–H and O–H groups in total. The van der Waals surface area contributed by atoms with E-state index in [1.165, 1.54) is 22.6 Å². The first kappa shape index (κ1) is 23.1. The second-order valence-electron chi connectivity index (χ2n) is 6.85. The van der Waals surface area contributed by atoms with Crippen molar-refractivity contribution in [2.75, 3.05) is 0 Å². The van der Waals surface area contributed by atoms with Gasteiger partial charge in [-0.1, -0.05) is 68.5 Å². The van der Waals surface area contributed by atoms with Crippen molar-refractivity contribution in [3.63, 3.8) is 0 Å². The molecule has 0 nitrogen and oxygen atoms in total. The van der Waals surface area contributed by atoms with Gasteiger partial charge in [-0.2, -0.15) is 35.1 Å². The van der Waals surface area contributed by atoms with Crippen molar-refractivity contribution < 1.29 is 39.5 Å². The predicted molar refractivity (Wildman–Crippen MR) is 84.0 cm³/mol.